The minimum absolute atomic E-state index is 0.154. The molecule has 0 saturated heterocycles. The molecular formula is C9H12ClNO3S. The third kappa shape index (κ3) is 3.79. The molecule has 4 nitrogen and oxygen atoms in total. The first-order chi connectivity index (χ1) is 7.17. The standard InChI is InChI=1S/C9H12ClNO3S/c1-14-5-6(4-12)11-9(13)7-2-3-8(10)15-7/h2-3,6,12H,4-5H2,1H3,(H,11,13). The average molecular weight is 250 g/mol. The fourth-order valence-electron chi connectivity index (χ4n) is 1.03. The zero-order valence-electron chi connectivity index (χ0n) is 8.20. The number of carbonyl (C=O) groups is 1. The Morgan fingerprint density at radius 2 is 2.47 bits per heavy atom. The Balaban J connectivity index is 2.54. The lowest BCUT2D eigenvalue weighted by Crippen LogP contribution is -2.40. The summed E-state index contributed by atoms with van der Waals surface area (Å²) in [5.41, 5.74) is 0. The third-order valence-electron chi connectivity index (χ3n) is 1.72. The van der Waals surface area contributed by atoms with Gasteiger partial charge in [0.05, 0.1) is 28.5 Å². The number of hydrogen-bond donors (Lipinski definition) is 2. The molecule has 6 heteroatoms. The first-order valence-corrected chi connectivity index (χ1v) is 5.52. The van der Waals surface area contributed by atoms with E-state index >= 15 is 0 Å². The van der Waals surface area contributed by atoms with Gasteiger partial charge in [0.15, 0.2) is 0 Å². The maximum Gasteiger partial charge on any atom is 0.261 e. The number of thiophene rings is 1. The molecule has 1 rings (SSSR count). The lowest BCUT2D eigenvalue weighted by Gasteiger charge is -2.14. The van der Waals surface area contributed by atoms with E-state index in [1.165, 1.54) is 18.4 Å². The highest BCUT2D eigenvalue weighted by Gasteiger charge is 2.14. The number of nitrogens with one attached hydrogen (secondary N) is 1. The van der Waals surface area contributed by atoms with Crippen LogP contribution in [0.15, 0.2) is 12.1 Å². The molecule has 0 spiro atoms. The molecule has 2 N–H and O–H groups in total. The fraction of sp³-hybridized carbons (Fsp3) is 0.444. The fourth-order valence-corrected chi connectivity index (χ4v) is 1.98. The van der Waals surface area contributed by atoms with E-state index in [0.717, 1.165) is 0 Å². The Kier molecular flexibility index (Phi) is 5.04. The summed E-state index contributed by atoms with van der Waals surface area (Å²) in [6.07, 6.45) is 0. The molecule has 1 unspecified atom stereocenters. The first-order valence-electron chi connectivity index (χ1n) is 4.33. The molecular weight excluding hydrogens is 238 g/mol. The zero-order valence-corrected chi connectivity index (χ0v) is 9.77. The number of halogens is 1. The van der Waals surface area contributed by atoms with Crippen molar-refractivity contribution in [2.45, 2.75) is 6.04 Å². The van der Waals surface area contributed by atoms with E-state index < -0.39 is 0 Å². The summed E-state index contributed by atoms with van der Waals surface area (Å²) in [5, 5.41) is 11.6. The van der Waals surface area contributed by atoms with Gasteiger partial charge in [-0.25, -0.2) is 0 Å². The normalized spacial score (nSPS) is 12.5. The van der Waals surface area contributed by atoms with Gasteiger partial charge in [0.2, 0.25) is 0 Å². The molecule has 0 aliphatic rings. The van der Waals surface area contributed by atoms with Gasteiger partial charge in [0.1, 0.15) is 0 Å². The molecule has 1 aromatic heterocycles. The van der Waals surface area contributed by atoms with Crippen molar-refractivity contribution < 1.29 is 14.6 Å². The van der Waals surface area contributed by atoms with Crippen LogP contribution in [0, 0.1) is 0 Å². The molecule has 15 heavy (non-hydrogen) atoms. The van der Waals surface area contributed by atoms with Gasteiger partial charge in [0.25, 0.3) is 5.91 Å². The van der Waals surface area contributed by atoms with Crippen LogP contribution in [0.4, 0.5) is 0 Å². The second-order valence-corrected chi connectivity index (χ2v) is 4.63. The smallest absolute Gasteiger partial charge is 0.261 e. The summed E-state index contributed by atoms with van der Waals surface area (Å²) in [4.78, 5) is 12.1. The summed E-state index contributed by atoms with van der Waals surface area (Å²) in [7, 11) is 1.51. The second kappa shape index (κ2) is 6.07. The van der Waals surface area contributed by atoms with E-state index in [9.17, 15) is 4.79 Å². The van der Waals surface area contributed by atoms with Gasteiger partial charge >= 0.3 is 0 Å². The van der Waals surface area contributed by atoms with Gasteiger partial charge < -0.3 is 15.2 Å². The predicted molar refractivity (Wildman–Crippen MR) is 59.5 cm³/mol. The second-order valence-electron chi connectivity index (χ2n) is 2.91. The van der Waals surface area contributed by atoms with Gasteiger partial charge in [-0.2, -0.15) is 0 Å². The number of methoxy groups -OCH3 is 1. The van der Waals surface area contributed by atoms with Crippen molar-refractivity contribution in [1.29, 1.82) is 0 Å². The van der Waals surface area contributed by atoms with E-state index in [1.807, 2.05) is 0 Å². The van der Waals surface area contributed by atoms with Crippen molar-refractivity contribution in [2.75, 3.05) is 20.3 Å². The van der Waals surface area contributed by atoms with E-state index in [1.54, 1.807) is 12.1 Å². The zero-order chi connectivity index (χ0) is 11.3. The maximum absolute atomic E-state index is 11.6. The summed E-state index contributed by atoms with van der Waals surface area (Å²) in [6, 6.07) is 2.91. The Hall–Kier alpha value is -0.620. The van der Waals surface area contributed by atoms with Crippen LogP contribution in [0.3, 0.4) is 0 Å². The molecule has 84 valence electrons. The number of hydrogen-bond acceptors (Lipinski definition) is 4. The van der Waals surface area contributed by atoms with Crippen molar-refractivity contribution in [1.82, 2.24) is 5.32 Å². The molecule has 0 saturated carbocycles. The number of ether oxygens (including phenoxy) is 1. The number of carbonyl (C=O) groups excluding carboxylic acids is 1. The summed E-state index contributed by atoms with van der Waals surface area (Å²) in [6.45, 7) is 0.125. The van der Waals surface area contributed by atoms with Gasteiger partial charge in [-0.1, -0.05) is 11.6 Å². The molecule has 1 amide bonds. The van der Waals surface area contributed by atoms with E-state index in [4.69, 9.17) is 21.4 Å². The minimum Gasteiger partial charge on any atom is -0.394 e. The monoisotopic (exact) mass is 249 g/mol. The molecule has 0 bridgehead atoms. The summed E-state index contributed by atoms with van der Waals surface area (Å²) < 4.78 is 5.40. The van der Waals surface area contributed by atoms with Crippen LogP contribution < -0.4 is 5.32 Å². The molecule has 0 radical (unpaired) electrons. The number of aliphatic hydroxyl groups is 1. The van der Waals surface area contributed by atoms with E-state index in [2.05, 4.69) is 5.32 Å². The molecule has 1 aromatic rings. The minimum atomic E-state index is -0.386. The average Bonchev–Trinajstić information content (AvgIpc) is 2.64. The van der Waals surface area contributed by atoms with Gasteiger partial charge in [-0.05, 0) is 12.1 Å². The van der Waals surface area contributed by atoms with E-state index in [0.29, 0.717) is 9.21 Å². The third-order valence-corrected chi connectivity index (χ3v) is 2.95. The molecule has 0 aromatic carbocycles. The molecule has 1 atom stereocenters. The highest BCUT2D eigenvalue weighted by atomic mass is 35.5. The van der Waals surface area contributed by atoms with Crippen LogP contribution in [0.5, 0.6) is 0 Å². The highest BCUT2D eigenvalue weighted by molar-refractivity contribution is 7.17. The summed E-state index contributed by atoms with van der Waals surface area (Å²) >= 11 is 6.90. The Morgan fingerprint density at radius 3 is 2.93 bits per heavy atom. The Labute approximate surface area is 96.8 Å². The predicted octanol–water partition coefficient (Wildman–Crippen LogP) is 1.14. The van der Waals surface area contributed by atoms with Crippen LogP contribution >= 0.6 is 22.9 Å². The highest BCUT2D eigenvalue weighted by Crippen LogP contribution is 2.21. The molecule has 1 heterocycles. The summed E-state index contributed by atoms with van der Waals surface area (Å²) in [5.74, 6) is -0.247. The SMILES string of the molecule is COCC(CO)NC(=O)c1ccc(Cl)s1. The molecule has 0 fully saturated rings. The van der Waals surface area contributed by atoms with Crippen LogP contribution in [0.25, 0.3) is 0 Å². The van der Waals surface area contributed by atoms with Crippen molar-refractivity contribution >= 4 is 28.8 Å². The van der Waals surface area contributed by atoms with Crippen LogP contribution in [-0.2, 0) is 4.74 Å². The maximum atomic E-state index is 11.6. The Morgan fingerprint density at radius 1 is 1.73 bits per heavy atom. The van der Waals surface area contributed by atoms with Gasteiger partial charge in [-0.15, -0.1) is 11.3 Å². The lowest BCUT2D eigenvalue weighted by molar-refractivity contribution is 0.0843. The number of rotatable bonds is 5. The van der Waals surface area contributed by atoms with Crippen molar-refractivity contribution in [3.8, 4) is 0 Å². The van der Waals surface area contributed by atoms with Gasteiger partial charge in [-0.3, -0.25) is 4.79 Å². The van der Waals surface area contributed by atoms with Crippen molar-refractivity contribution in [3.05, 3.63) is 21.3 Å². The quantitative estimate of drug-likeness (QED) is 0.823. The number of amides is 1. The van der Waals surface area contributed by atoms with E-state index in [-0.39, 0.29) is 25.2 Å². The van der Waals surface area contributed by atoms with Crippen LogP contribution in [0.2, 0.25) is 4.34 Å². The van der Waals surface area contributed by atoms with Gasteiger partial charge in [0, 0.05) is 7.11 Å². The Bertz CT molecular complexity index is 329. The lowest BCUT2D eigenvalue weighted by atomic mass is 10.3. The largest absolute Gasteiger partial charge is 0.394 e. The van der Waals surface area contributed by atoms with Crippen LogP contribution in [0.1, 0.15) is 9.67 Å². The molecule has 0 aliphatic carbocycles. The van der Waals surface area contributed by atoms with Crippen molar-refractivity contribution in [2.24, 2.45) is 0 Å². The first kappa shape index (κ1) is 12.4. The molecule has 0 aliphatic heterocycles. The van der Waals surface area contributed by atoms with Crippen molar-refractivity contribution in [3.63, 3.8) is 0 Å². The topological polar surface area (TPSA) is 58.6 Å². The van der Waals surface area contributed by atoms with Crippen LogP contribution in [-0.4, -0.2) is 37.4 Å². The number of aliphatic hydroxyl groups excluding tert-OH is 1.